The summed E-state index contributed by atoms with van der Waals surface area (Å²) >= 11 is 0. The Hall–Kier alpha value is -1.95. The zero-order valence-corrected chi connectivity index (χ0v) is 21.8. The van der Waals surface area contributed by atoms with Crippen LogP contribution < -0.4 is 14.2 Å². The van der Waals surface area contributed by atoms with Gasteiger partial charge in [0, 0.05) is 24.2 Å². The number of cyclic esters (lactones) is 1. The summed E-state index contributed by atoms with van der Waals surface area (Å²) in [6, 6.07) is 0. The molecule has 1 heterocycles. The molecule has 0 unspecified atom stereocenters. The number of rotatable bonds is 14. The quantitative estimate of drug-likeness (QED) is 0.191. The first kappa shape index (κ1) is 28.3. The smallest absolute Gasteiger partial charge is 0.342 e. The molecule has 0 radical (unpaired) electrons. The first-order chi connectivity index (χ1) is 16.0. The summed E-state index contributed by atoms with van der Waals surface area (Å²) < 4.78 is 62.4. The molecule has 1 aromatic rings. The van der Waals surface area contributed by atoms with Crippen LogP contribution in [0, 0.1) is 6.92 Å². The van der Waals surface area contributed by atoms with E-state index in [1.165, 1.54) is 7.11 Å². The molecule has 11 nitrogen and oxygen atoms in total. The Balaban J connectivity index is 2.01. The van der Waals surface area contributed by atoms with Crippen LogP contribution in [-0.2, 0) is 41.6 Å². The first-order valence-electron chi connectivity index (χ1n) is 10.8. The molecule has 0 saturated carbocycles. The highest BCUT2D eigenvalue weighted by molar-refractivity contribution is 7.87. The van der Waals surface area contributed by atoms with Gasteiger partial charge in [0.15, 0.2) is 0 Å². The summed E-state index contributed by atoms with van der Waals surface area (Å²) in [5.41, 5.74) is 2.53. The third-order valence-electron chi connectivity index (χ3n) is 5.17. The largest absolute Gasteiger partial charge is 0.507 e. The summed E-state index contributed by atoms with van der Waals surface area (Å²) in [5.74, 6) is -0.328. The van der Waals surface area contributed by atoms with Gasteiger partial charge in [-0.2, -0.15) is 13.1 Å². The molecule has 0 bridgehead atoms. The Kier molecular flexibility index (Phi) is 10.1. The summed E-state index contributed by atoms with van der Waals surface area (Å²) in [5, 5.41) is 10.7. The van der Waals surface area contributed by atoms with Crippen LogP contribution in [0.4, 0.5) is 0 Å². The van der Waals surface area contributed by atoms with Crippen LogP contribution in [0.2, 0.25) is 0 Å². The topological polar surface area (TPSA) is 149 Å². The molecule has 0 saturated heterocycles. The lowest BCUT2D eigenvalue weighted by Gasteiger charge is -2.17. The summed E-state index contributed by atoms with van der Waals surface area (Å²) in [4.78, 5) is 12.0. The van der Waals surface area contributed by atoms with Crippen molar-refractivity contribution in [2.24, 2.45) is 0 Å². The maximum absolute atomic E-state index is 12.4. The minimum atomic E-state index is -3.86. The van der Waals surface area contributed by atoms with Crippen molar-refractivity contribution in [3.05, 3.63) is 33.9 Å². The molecule has 0 spiro atoms. The maximum Gasteiger partial charge on any atom is 0.342 e. The average molecular weight is 521 g/mol. The van der Waals surface area contributed by atoms with Crippen LogP contribution >= 0.6 is 7.60 Å². The summed E-state index contributed by atoms with van der Waals surface area (Å²) in [7, 11) is -5.74. The van der Waals surface area contributed by atoms with E-state index < -0.39 is 23.8 Å². The predicted molar refractivity (Wildman–Crippen MR) is 127 cm³/mol. The number of methoxy groups -OCH3 is 1. The fourth-order valence-electron chi connectivity index (χ4n) is 3.51. The Morgan fingerprint density at radius 3 is 2.47 bits per heavy atom. The zero-order chi connectivity index (χ0) is 25.5. The molecular formula is C21H33N2O9PS. The molecule has 34 heavy (non-hydrogen) atoms. The van der Waals surface area contributed by atoms with Crippen molar-refractivity contribution in [2.45, 2.75) is 40.7 Å². The van der Waals surface area contributed by atoms with Crippen LogP contribution in [0.5, 0.6) is 11.5 Å². The molecule has 0 aromatic heterocycles. The van der Waals surface area contributed by atoms with Crippen molar-refractivity contribution in [1.29, 1.82) is 0 Å². The zero-order valence-electron chi connectivity index (χ0n) is 20.1. The van der Waals surface area contributed by atoms with Crippen molar-refractivity contribution in [1.82, 2.24) is 9.44 Å². The molecule has 0 amide bonds. The van der Waals surface area contributed by atoms with E-state index in [-0.39, 0.29) is 56.8 Å². The number of nitrogens with one attached hydrogen (secondary N) is 2. The van der Waals surface area contributed by atoms with Crippen molar-refractivity contribution in [3.8, 4) is 11.5 Å². The van der Waals surface area contributed by atoms with E-state index in [9.17, 15) is 22.9 Å². The molecule has 3 N–H and O–H groups in total. The standard InChI is InChI=1S/C21H33N2O9PS/c1-6-31-33(26,32-7-2)11-10-22-34(27,28)23-12-14(3)8-9-16-19(24)18-17(13-30-21(18)25)15(4)20(16)29-5/h8,22-24H,6-7,9-13H2,1-5H3/b14-8+. The minimum absolute atomic E-state index is 0.00104. The van der Waals surface area contributed by atoms with Gasteiger partial charge in [-0.3, -0.25) is 4.57 Å². The highest BCUT2D eigenvalue weighted by Crippen LogP contribution is 2.47. The molecule has 1 aliphatic heterocycles. The Labute approximate surface area is 200 Å². The highest BCUT2D eigenvalue weighted by Gasteiger charge is 2.32. The second-order valence-corrected chi connectivity index (χ2v) is 11.3. The number of carbonyl (C=O) groups is 1. The van der Waals surface area contributed by atoms with Crippen LogP contribution in [-0.4, -0.2) is 59.1 Å². The van der Waals surface area contributed by atoms with Crippen molar-refractivity contribution >= 4 is 23.8 Å². The van der Waals surface area contributed by atoms with Crippen molar-refractivity contribution in [2.75, 3.05) is 39.6 Å². The van der Waals surface area contributed by atoms with Crippen LogP contribution in [0.1, 0.15) is 47.8 Å². The van der Waals surface area contributed by atoms with E-state index in [2.05, 4.69) is 9.44 Å². The molecule has 0 fully saturated rings. The second-order valence-electron chi connectivity index (χ2n) is 7.56. The van der Waals surface area contributed by atoms with Gasteiger partial charge in [-0.25, -0.2) is 9.52 Å². The van der Waals surface area contributed by atoms with Gasteiger partial charge < -0.3 is 23.6 Å². The summed E-state index contributed by atoms with van der Waals surface area (Å²) in [6.07, 6.45) is 1.84. The Bertz CT molecular complexity index is 1080. The van der Waals surface area contributed by atoms with Crippen LogP contribution in [0.25, 0.3) is 0 Å². The van der Waals surface area contributed by atoms with Gasteiger partial charge in [-0.05, 0) is 39.7 Å². The number of ether oxygens (including phenoxy) is 2. The molecule has 0 atom stereocenters. The third-order valence-corrected chi connectivity index (χ3v) is 8.36. The number of phenols is 1. The van der Waals surface area contributed by atoms with E-state index >= 15 is 0 Å². The molecule has 1 aliphatic rings. The van der Waals surface area contributed by atoms with E-state index in [1.807, 2.05) is 0 Å². The molecule has 2 rings (SSSR count). The Morgan fingerprint density at radius 2 is 1.88 bits per heavy atom. The normalized spacial score (nSPS) is 14.3. The van der Waals surface area contributed by atoms with E-state index in [1.54, 1.807) is 33.8 Å². The lowest BCUT2D eigenvalue weighted by molar-refractivity contribution is 0.0532. The third kappa shape index (κ3) is 7.03. The maximum atomic E-state index is 12.4. The predicted octanol–water partition coefficient (Wildman–Crippen LogP) is 2.56. The number of allylic oxidation sites excluding steroid dienone is 1. The lowest BCUT2D eigenvalue weighted by atomic mass is 9.95. The van der Waals surface area contributed by atoms with Crippen molar-refractivity contribution in [3.63, 3.8) is 0 Å². The monoisotopic (exact) mass is 520 g/mol. The molecule has 192 valence electrons. The highest BCUT2D eigenvalue weighted by atomic mass is 32.2. The second kappa shape index (κ2) is 12.1. The number of fused-ring (bicyclic) bond motifs is 1. The van der Waals surface area contributed by atoms with Gasteiger partial charge in [-0.15, -0.1) is 0 Å². The Morgan fingerprint density at radius 1 is 1.24 bits per heavy atom. The van der Waals surface area contributed by atoms with E-state index in [4.69, 9.17) is 18.5 Å². The van der Waals surface area contributed by atoms with Gasteiger partial charge in [-0.1, -0.05) is 11.6 Å². The van der Waals surface area contributed by atoms with E-state index in [0.29, 0.717) is 28.0 Å². The number of hydrogen-bond donors (Lipinski definition) is 3. The van der Waals surface area contributed by atoms with Crippen molar-refractivity contribution < 1.29 is 41.4 Å². The van der Waals surface area contributed by atoms with Crippen LogP contribution in [0.15, 0.2) is 11.6 Å². The number of esters is 1. The van der Waals surface area contributed by atoms with Gasteiger partial charge in [0.2, 0.25) is 0 Å². The lowest BCUT2D eigenvalue weighted by Crippen LogP contribution is -2.38. The number of phenolic OH excluding ortho intramolecular Hbond substituents is 1. The van der Waals surface area contributed by atoms with Gasteiger partial charge in [0.05, 0.1) is 26.5 Å². The number of benzene rings is 1. The number of hydrogen-bond acceptors (Lipinski definition) is 9. The molecule has 0 aliphatic carbocycles. The average Bonchev–Trinajstić information content (AvgIpc) is 3.16. The van der Waals surface area contributed by atoms with Gasteiger partial charge in [0.25, 0.3) is 10.2 Å². The SMILES string of the molecule is CCOP(=O)(CCNS(=O)(=O)NC/C(C)=C/Cc1c(O)c2c(c(C)c1OC)COC2=O)OCC. The fourth-order valence-corrected chi connectivity index (χ4v) is 6.06. The first-order valence-corrected chi connectivity index (χ1v) is 14.1. The van der Waals surface area contributed by atoms with Gasteiger partial charge >= 0.3 is 13.6 Å². The van der Waals surface area contributed by atoms with Gasteiger partial charge in [0.1, 0.15) is 23.7 Å². The summed E-state index contributed by atoms with van der Waals surface area (Å²) in [6.45, 7) is 7.21. The molecular weight excluding hydrogens is 487 g/mol. The fraction of sp³-hybridized carbons (Fsp3) is 0.571. The molecule has 13 heteroatoms. The number of carbonyl (C=O) groups excluding carboxylic acids is 1. The van der Waals surface area contributed by atoms with E-state index in [0.717, 1.165) is 0 Å². The van der Waals surface area contributed by atoms with Crippen LogP contribution in [0.3, 0.4) is 0 Å². The molecule has 1 aromatic carbocycles. The minimum Gasteiger partial charge on any atom is -0.507 e. The number of aromatic hydroxyl groups is 1.